The van der Waals surface area contributed by atoms with Crippen LogP contribution in [0.3, 0.4) is 0 Å². The molecule has 2 saturated carbocycles. The molecule has 2 amide bonds. The molecule has 10 nitrogen and oxygen atoms in total. The molecule has 10 heteroatoms. The van der Waals surface area contributed by atoms with Gasteiger partial charge in [-0.3, -0.25) is 14.7 Å². The van der Waals surface area contributed by atoms with Crippen LogP contribution in [0.5, 0.6) is 0 Å². The van der Waals surface area contributed by atoms with Crippen LogP contribution in [0, 0.1) is 12.8 Å². The van der Waals surface area contributed by atoms with Gasteiger partial charge in [-0.25, -0.2) is 0 Å². The number of ether oxygens (including phenoxy) is 1. The first-order valence-electron chi connectivity index (χ1n) is 10.4. The summed E-state index contributed by atoms with van der Waals surface area (Å²) in [6, 6.07) is 1.81. The highest BCUT2D eigenvalue weighted by Crippen LogP contribution is 2.50. The number of aryl methyl sites for hydroxylation is 1. The maximum atomic E-state index is 12.8. The zero-order valence-electron chi connectivity index (χ0n) is 17.2. The molecular formula is C20H26N6O4. The zero-order valence-corrected chi connectivity index (χ0v) is 17.2. The number of amides is 2. The second-order valence-electron chi connectivity index (χ2n) is 8.80. The first-order chi connectivity index (χ1) is 14.5. The van der Waals surface area contributed by atoms with E-state index in [9.17, 15) is 9.59 Å². The molecule has 2 aliphatic carbocycles. The fourth-order valence-corrected chi connectivity index (χ4v) is 5.03. The van der Waals surface area contributed by atoms with Gasteiger partial charge in [0.1, 0.15) is 12.3 Å². The molecule has 3 fully saturated rings. The van der Waals surface area contributed by atoms with Gasteiger partial charge in [-0.15, -0.1) is 0 Å². The van der Waals surface area contributed by atoms with Crippen molar-refractivity contribution in [1.82, 2.24) is 30.6 Å². The summed E-state index contributed by atoms with van der Waals surface area (Å²) in [6.07, 6.45) is 3.68. The van der Waals surface area contributed by atoms with Crippen LogP contribution in [0.1, 0.15) is 59.5 Å². The van der Waals surface area contributed by atoms with Crippen LogP contribution < -0.4 is 5.32 Å². The van der Waals surface area contributed by atoms with Crippen molar-refractivity contribution >= 4 is 11.8 Å². The van der Waals surface area contributed by atoms with Crippen molar-refractivity contribution in [2.24, 2.45) is 5.92 Å². The van der Waals surface area contributed by atoms with Crippen molar-refractivity contribution in [1.29, 1.82) is 0 Å². The van der Waals surface area contributed by atoms with E-state index in [1.807, 2.05) is 6.07 Å². The predicted octanol–water partition coefficient (Wildman–Crippen LogP) is 0.914. The van der Waals surface area contributed by atoms with Gasteiger partial charge < -0.3 is 19.5 Å². The Bertz CT molecular complexity index is 966. The van der Waals surface area contributed by atoms with E-state index in [0.29, 0.717) is 42.8 Å². The first kappa shape index (κ1) is 19.2. The predicted molar refractivity (Wildman–Crippen MR) is 104 cm³/mol. The number of fused-ring (bicyclic) bond motifs is 1. The van der Waals surface area contributed by atoms with Crippen molar-refractivity contribution < 1.29 is 18.8 Å². The molecule has 160 valence electrons. The van der Waals surface area contributed by atoms with Crippen LogP contribution in [0.25, 0.3) is 0 Å². The van der Waals surface area contributed by atoms with E-state index in [0.717, 1.165) is 25.0 Å². The molecule has 2 aromatic heterocycles. The van der Waals surface area contributed by atoms with E-state index >= 15 is 0 Å². The van der Waals surface area contributed by atoms with Crippen LogP contribution in [-0.4, -0.2) is 69.9 Å². The van der Waals surface area contributed by atoms with Crippen LogP contribution in [0.4, 0.5) is 0 Å². The van der Waals surface area contributed by atoms with Crippen molar-refractivity contribution in [2.75, 3.05) is 26.8 Å². The summed E-state index contributed by atoms with van der Waals surface area (Å²) in [5, 5.41) is 14.3. The molecule has 3 aliphatic rings. The number of likely N-dealkylation sites (tertiary alicyclic amines) is 1. The Labute approximate surface area is 173 Å². The van der Waals surface area contributed by atoms with Gasteiger partial charge in [-0.2, -0.15) is 10.1 Å². The molecule has 1 aliphatic heterocycles. The van der Waals surface area contributed by atoms with E-state index in [-0.39, 0.29) is 30.4 Å². The number of hydrogen-bond acceptors (Lipinski definition) is 7. The largest absolute Gasteiger partial charge is 0.375 e. The number of carbonyl (C=O) groups excluding carboxylic acids is 2. The summed E-state index contributed by atoms with van der Waals surface area (Å²) in [5.41, 5.74) is 1.01. The van der Waals surface area contributed by atoms with E-state index in [1.54, 1.807) is 11.8 Å². The van der Waals surface area contributed by atoms with Crippen LogP contribution >= 0.6 is 0 Å². The fourth-order valence-electron chi connectivity index (χ4n) is 5.03. The molecule has 30 heavy (non-hydrogen) atoms. The van der Waals surface area contributed by atoms with Crippen molar-refractivity contribution in [3.05, 3.63) is 29.2 Å². The van der Waals surface area contributed by atoms with Gasteiger partial charge in [0, 0.05) is 37.9 Å². The van der Waals surface area contributed by atoms with Gasteiger partial charge in [0.25, 0.3) is 5.91 Å². The van der Waals surface area contributed by atoms with Crippen molar-refractivity contribution in [3.63, 3.8) is 0 Å². The summed E-state index contributed by atoms with van der Waals surface area (Å²) < 4.78 is 10.6. The molecule has 3 heterocycles. The Morgan fingerprint density at radius 3 is 2.97 bits per heavy atom. The molecule has 0 aromatic carbocycles. The van der Waals surface area contributed by atoms with E-state index < -0.39 is 5.41 Å². The summed E-state index contributed by atoms with van der Waals surface area (Å²) in [4.78, 5) is 31.5. The highest BCUT2D eigenvalue weighted by Gasteiger charge is 2.58. The summed E-state index contributed by atoms with van der Waals surface area (Å²) in [5.74, 6) is 1.54. The van der Waals surface area contributed by atoms with Crippen LogP contribution in [0.2, 0.25) is 0 Å². The Kier molecular flexibility index (Phi) is 4.61. The monoisotopic (exact) mass is 414 g/mol. The molecule has 5 rings (SSSR count). The summed E-state index contributed by atoms with van der Waals surface area (Å²) in [7, 11) is 1.52. The van der Waals surface area contributed by atoms with E-state index in [4.69, 9.17) is 9.26 Å². The first-order valence-corrected chi connectivity index (χ1v) is 10.4. The minimum absolute atomic E-state index is 0.0459. The smallest absolute Gasteiger partial charge is 0.271 e. The van der Waals surface area contributed by atoms with Gasteiger partial charge in [-0.1, -0.05) is 5.16 Å². The number of methoxy groups -OCH3 is 1. The number of nitrogens with zero attached hydrogens (tertiary/aromatic N) is 4. The van der Waals surface area contributed by atoms with Crippen LogP contribution in [0.15, 0.2) is 10.6 Å². The number of hydrogen-bond donors (Lipinski definition) is 2. The average Bonchev–Trinajstić information content (AvgIpc) is 3.06. The maximum absolute atomic E-state index is 12.8. The molecule has 2 N–H and O–H groups in total. The van der Waals surface area contributed by atoms with Gasteiger partial charge in [0.05, 0.1) is 5.41 Å². The number of aromatic amines is 1. The van der Waals surface area contributed by atoms with Gasteiger partial charge in [0.2, 0.25) is 11.8 Å². The maximum Gasteiger partial charge on any atom is 0.271 e. The second-order valence-corrected chi connectivity index (χ2v) is 8.80. The third-order valence-electron chi connectivity index (χ3n) is 6.63. The Hall–Kier alpha value is -2.75. The second kappa shape index (κ2) is 7.19. The van der Waals surface area contributed by atoms with Crippen molar-refractivity contribution in [2.45, 2.75) is 50.0 Å². The lowest BCUT2D eigenvalue weighted by molar-refractivity contribution is -0.134. The van der Waals surface area contributed by atoms with E-state index in [1.165, 1.54) is 7.11 Å². The Morgan fingerprint density at radius 2 is 2.27 bits per heavy atom. The molecule has 0 spiro atoms. The normalized spacial score (nSPS) is 28.0. The molecule has 2 aromatic rings. The average molecular weight is 414 g/mol. The minimum Gasteiger partial charge on any atom is -0.375 e. The minimum atomic E-state index is -0.451. The lowest BCUT2D eigenvalue weighted by Crippen LogP contribution is -2.40. The fraction of sp³-hybridized carbons (Fsp3) is 0.650. The summed E-state index contributed by atoms with van der Waals surface area (Å²) in [6.45, 7) is 2.91. The van der Waals surface area contributed by atoms with Gasteiger partial charge in [-0.05, 0) is 44.6 Å². The number of aromatic nitrogens is 4. The quantitative estimate of drug-likeness (QED) is 0.719. The molecule has 0 radical (unpaired) electrons. The van der Waals surface area contributed by atoms with E-state index in [2.05, 4.69) is 25.7 Å². The highest BCUT2D eigenvalue weighted by atomic mass is 16.5. The van der Waals surface area contributed by atoms with Crippen LogP contribution in [-0.2, 0) is 14.9 Å². The topological polar surface area (TPSA) is 126 Å². The lowest BCUT2D eigenvalue weighted by Gasteiger charge is -2.25. The Balaban J connectivity index is 1.33. The number of carbonyl (C=O) groups is 2. The SMILES string of the molecule is COCC(=O)N1CC2C[C@@H](NC(=O)c3cc(C4CC4)[nH]n3)C[C@]2(c2nc(C)no2)C1. The molecule has 1 unspecified atom stereocenters. The number of H-pyrrole nitrogens is 1. The molecule has 0 bridgehead atoms. The zero-order chi connectivity index (χ0) is 20.9. The molecular weight excluding hydrogens is 388 g/mol. The van der Waals surface area contributed by atoms with Gasteiger partial charge in [0.15, 0.2) is 5.82 Å². The highest BCUT2D eigenvalue weighted by molar-refractivity contribution is 5.92. The van der Waals surface area contributed by atoms with Crippen molar-refractivity contribution in [3.8, 4) is 0 Å². The lowest BCUT2D eigenvalue weighted by atomic mass is 9.80. The number of nitrogens with one attached hydrogen (secondary N) is 2. The Morgan fingerprint density at radius 1 is 1.43 bits per heavy atom. The molecule has 1 saturated heterocycles. The summed E-state index contributed by atoms with van der Waals surface area (Å²) >= 11 is 0. The third-order valence-corrected chi connectivity index (χ3v) is 6.63. The number of rotatable bonds is 6. The molecule has 3 atom stereocenters. The third kappa shape index (κ3) is 3.28. The van der Waals surface area contributed by atoms with Gasteiger partial charge >= 0.3 is 0 Å². The standard InChI is InChI=1S/C20H26N6O4/c1-11-21-19(30-25-11)20-7-14(5-13(20)8-26(10-20)17(27)9-29-2)22-18(28)16-6-15(23-24-16)12-3-4-12/h6,12-14H,3-5,7-10H2,1-2H3,(H,22,28)(H,23,24)/t13?,14-,20+/m1/s1.